The van der Waals surface area contributed by atoms with Crippen LogP contribution in [-0.2, 0) is 23.8 Å². The molecule has 1 amide bonds. The number of rotatable bonds is 5. The van der Waals surface area contributed by atoms with Gasteiger partial charge in [0.1, 0.15) is 0 Å². The zero-order valence-corrected chi connectivity index (χ0v) is 16.0. The molecular formula is C19H27NO5S. The molecule has 1 unspecified atom stereocenters. The number of hydrogen-bond acceptors (Lipinski definition) is 5. The molecule has 2 fully saturated rings. The molecule has 3 rings (SSSR count). The standard InChI is InChI=1S/C19H27NO5S/c1-15-7-9-17(10-8-15)26(22,23)25-18(16-5-3-2-4-6-16)19(21)20-11-13-24-14-12-20/h7-10,16,18H,2-6,11-14H2,1H3. The molecule has 0 aromatic heterocycles. The monoisotopic (exact) mass is 381 g/mol. The minimum absolute atomic E-state index is 0.0562. The average Bonchev–Trinajstić information content (AvgIpc) is 2.67. The fourth-order valence-electron chi connectivity index (χ4n) is 3.62. The Hall–Kier alpha value is -1.44. The van der Waals surface area contributed by atoms with Gasteiger partial charge in [-0.05, 0) is 37.8 Å². The molecule has 0 spiro atoms. The Labute approximate surface area is 155 Å². The molecule has 0 N–H and O–H groups in total. The van der Waals surface area contributed by atoms with Gasteiger partial charge in [-0.2, -0.15) is 8.42 Å². The Morgan fingerprint density at radius 1 is 1.12 bits per heavy atom. The van der Waals surface area contributed by atoms with Crippen LogP contribution in [0.15, 0.2) is 29.2 Å². The molecule has 0 radical (unpaired) electrons. The summed E-state index contributed by atoms with van der Waals surface area (Å²) in [5.74, 6) is -0.282. The van der Waals surface area contributed by atoms with Crippen molar-refractivity contribution >= 4 is 16.0 Å². The Morgan fingerprint density at radius 2 is 1.73 bits per heavy atom. The molecule has 1 atom stereocenters. The van der Waals surface area contributed by atoms with E-state index in [1.807, 2.05) is 6.92 Å². The Bertz CT molecular complexity index is 704. The van der Waals surface area contributed by atoms with Crippen LogP contribution in [0.25, 0.3) is 0 Å². The van der Waals surface area contributed by atoms with E-state index in [2.05, 4.69) is 0 Å². The van der Waals surface area contributed by atoms with E-state index < -0.39 is 16.2 Å². The second kappa shape index (κ2) is 8.50. The maximum Gasteiger partial charge on any atom is 0.297 e. The number of carbonyl (C=O) groups is 1. The highest BCUT2D eigenvalue weighted by Crippen LogP contribution is 2.31. The average molecular weight is 381 g/mol. The number of morpholine rings is 1. The van der Waals surface area contributed by atoms with E-state index in [9.17, 15) is 13.2 Å². The summed E-state index contributed by atoms with van der Waals surface area (Å²) in [6.07, 6.45) is 3.84. The molecule has 1 aromatic rings. The molecular weight excluding hydrogens is 354 g/mol. The van der Waals surface area contributed by atoms with Gasteiger partial charge in [0.15, 0.2) is 6.10 Å². The Balaban J connectivity index is 1.82. The summed E-state index contributed by atoms with van der Waals surface area (Å²) in [7, 11) is -3.99. The molecule has 0 bridgehead atoms. The number of amides is 1. The number of nitrogens with zero attached hydrogens (tertiary/aromatic N) is 1. The van der Waals surface area contributed by atoms with Crippen molar-refractivity contribution in [2.45, 2.75) is 50.0 Å². The van der Waals surface area contributed by atoms with E-state index in [0.717, 1.165) is 37.7 Å². The summed E-state index contributed by atoms with van der Waals surface area (Å²) in [6, 6.07) is 6.52. The van der Waals surface area contributed by atoms with Crippen LogP contribution in [0.1, 0.15) is 37.7 Å². The lowest BCUT2D eigenvalue weighted by molar-refractivity contribution is -0.145. The first-order valence-corrected chi connectivity index (χ1v) is 10.7. The topological polar surface area (TPSA) is 72.9 Å². The summed E-state index contributed by atoms with van der Waals surface area (Å²) in [6.45, 7) is 3.82. The van der Waals surface area contributed by atoms with E-state index in [1.165, 1.54) is 12.1 Å². The number of hydrogen-bond donors (Lipinski definition) is 0. The van der Waals surface area contributed by atoms with Crippen LogP contribution in [0, 0.1) is 12.8 Å². The van der Waals surface area contributed by atoms with Gasteiger partial charge in [0.25, 0.3) is 16.0 Å². The van der Waals surface area contributed by atoms with E-state index in [4.69, 9.17) is 8.92 Å². The number of benzene rings is 1. The number of carbonyl (C=O) groups excluding carboxylic acids is 1. The van der Waals surface area contributed by atoms with Crippen LogP contribution in [0.3, 0.4) is 0 Å². The van der Waals surface area contributed by atoms with E-state index >= 15 is 0 Å². The molecule has 1 saturated carbocycles. The number of aryl methyl sites for hydroxylation is 1. The summed E-state index contributed by atoms with van der Waals surface area (Å²) < 4.78 is 36.4. The van der Waals surface area contributed by atoms with Gasteiger partial charge in [0, 0.05) is 13.1 Å². The van der Waals surface area contributed by atoms with Crippen molar-refractivity contribution < 1.29 is 22.1 Å². The van der Waals surface area contributed by atoms with Crippen LogP contribution in [0.5, 0.6) is 0 Å². The van der Waals surface area contributed by atoms with Gasteiger partial charge in [0.2, 0.25) is 0 Å². The van der Waals surface area contributed by atoms with Crippen LogP contribution < -0.4 is 0 Å². The SMILES string of the molecule is Cc1ccc(S(=O)(=O)OC(C(=O)N2CCOCC2)C2CCCCC2)cc1. The highest BCUT2D eigenvalue weighted by molar-refractivity contribution is 7.86. The second-order valence-corrected chi connectivity index (χ2v) is 8.69. The molecule has 144 valence electrons. The highest BCUT2D eigenvalue weighted by Gasteiger charge is 2.38. The fourth-order valence-corrected chi connectivity index (χ4v) is 4.71. The maximum atomic E-state index is 13.0. The molecule has 1 heterocycles. The molecule has 1 aliphatic heterocycles. The first kappa shape index (κ1) is 19.3. The second-order valence-electron chi connectivity index (χ2n) is 7.12. The minimum atomic E-state index is -3.99. The fraction of sp³-hybridized carbons (Fsp3) is 0.632. The third-order valence-electron chi connectivity index (χ3n) is 5.18. The molecule has 1 aliphatic carbocycles. The minimum Gasteiger partial charge on any atom is -0.378 e. The van der Waals surface area contributed by atoms with Crippen molar-refractivity contribution in [3.05, 3.63) is 29.8 Å². The first-order chi connectivity index (χ1) is 12.5. The lowest BCUT2D eigenvalue weighted by Crippen LogP contribution is -2.49. The van der Waals surface area contributed by atoms with Gasteiger partial charge >= 0.3 is 0 Å². The lowest BCUT2D eigenvalue weighted by atomic mass is 9.85. The number of ether oxygens (including phenoxy) is 1. The van der Waals surface area contributed by atoms with Gasteiger partial charge in [-0.3, -0.25) is 8.98 Å². The summed E-state index contributed by atoms with van der Waals surface area (Å²) in [5.41, 5.74) is 0.970. The smallest absolute Gasteiger partial charge is 0.297 e. The van der Waals surface area contributed by atoms with Crippen molar-refractivity contribution in [2.24, 2.45) is 5.92 Å². The van der Waals surface area contributed by atoms with Crippen LogP contribution in [0.2, 0.25) is 0 Å². The molecule has 7 heteroatoms. The van der Waals surface area contributed by atoms with Gasteiger partial charge in [-0.15, -0.1) is 0 Å². The third kappa shape index (κ3) is 4.64. The Kier molecular flexibility index (Phi) is 6.32. The predicted molar refractivity (Wildman–Crippen MR) is 97.2 cm³/mol. The lowest BCUT2D eigenvalue weighted by Gasteiger charge is -2.34. The molecule has 2 aliphatic rings. The van der Waals surface area contributed by atoms with Crippen LogP contribution in [-0.4, -0.2) is 51.6 Å². The van der Waals surface area contributed by atoms with Crippen LogP contribution >= 0.6 is 0 Å². The van der Waals surface area contributed by atoms with E-state index in [0.29, 0.717) is 26.3 Å². The third-order valence-corrected chi connectivity index (χ3v) is 6.49. The quantitative estimate of drug-likeness (QED) is 0.733. The largest absolute Gasteiger partial charge is 0.378 e. The maximum absolute atomic E-state index is 13.0. The molecule has 1 aromatic carbocycles. The summed E-state index contributed by atoms with van der Waals surface area (Å²) >= 11 is 0. The zero-order valence-electron chi connectivity index (χ0n) is 15.2. The highest BCUT2D eigenvalue weighted by atomic mass is 32.2. The molecule has 1 saturated heterocycles. The van der Waals surface area contributed by atoms with Gasteiger partial charge < -0.3 is 9.64 Å². The van der Waals surface area contributed by atoms with Gasteiger partial charge in [-0.25, -0.2) is 0 Å². The van der Waals surface area contributed by atoms with Crippen molar-refractivity contribution in [1.82, 2.24) is 4.90 Å². The predicted octanol–water partition coefficient (Wildman–Crippen LogP) is 2.51. The van der Waals surface area contributed by atoms with E-state index in [-0.39, 0.29) is 16.7 Å². The van der Waals surface area contributed by atoms with Gasteiger partial charge in [-0.1, -0.05) is 37.0 Å². The van der Waals surface area contributed by atoms with Crippen molar-refractivity contribution in [3.8, 4) is 0 Å². The normalized spacial score (nSPS) is 20.7. The van der Waals surface area contributed by atoms with Crippen molar-refractivity contribution in [3.63, 3.8) is 0 Å². The van der Waals surface area contributed by atoms with Crippen LogP contribution in [0.4, 0.5) is 0 Å². The first-order valence-electron chi connectivity index (χ1n) is 9.34. The van der Waals surface area contributed by atoms with Gasteiger partial charge in [0.05, 0.1) is 18.1 Å². The Morgan fingerprint density at radius 3 is 2.35 bits per heavy atom. The molecule has 26 heavy (non-hydrogen) atoms. The summed E-state index contributed by atoms with van der Waals surface area (Å²) in [5, 5.41) is 0. The van der Waals surface area contributed by atoms with Crippen molar-refractivity contribution in [2.75, 3.05) is 26.3 Å². The van der Waals surface area contributed by atoms with E-state index in [1.54, 1.807) is 17.0 Å². The zero-order chi connectivity index (χ0) is 18.6. The summed E-state index contributed by atoms with van der Waals surface area (Å²) in [4.78, 5) is 14.8. The van der Waals surface area contributed by atoms with Crippen molar-refractivity contribution in [1.29, 1.82) is 0 Å². The molecule has 6 nitrogen and oxygen atoms in total.